The summed E-state index contributed by atoms with van der Waals surface area (Å²) in [5.41, 5.74) is 0.530. The highest BCUT2D eigenvalue weighted by Crippen LogP contribution is 2.31. The lowest BCUT2D eigenvalue weighted by molar-refractivity contribution is 0.0686. The van der Waals surface area contributed by atoms with Crippen LogP contribution in [0.1, 0.15) is 16.1 Å². The first-order valence-electron chi connectivity index (χ1n) is 9.07. The smallest absolute Gasteiger partial charge is 0.411 e. The molecule has 0 saturated carbocycles. The van der Waals surface area contributed by atoms with Gasteiger partial charge in [0.15, 0.2) is 11.5 Å². The highest BCUT2D eigenvalue weighted by atomic mass is 32.1. The Labute approximate surface area is 178 Å². The molecule has 3 aromatic heterocycles. The maximum Gasteiger partial charge on any atom is 0.411 e. The van der Waals surface area contributed by atoms with Crippen molar-refractivity contribution in [2.75, 3.05) is 11.9 Å². The number of ether oxygens (including phenoxy) is 1. The maximum absolute atomic E-state index is 12.2. The van der Waals surface area contributed by atoms with Crippen molar-refractivity contribution in [3.63, 3.8) is 0 Å². The van der Waals surface area contributed by atoms with E-state index in [1.54, 1.807) is 11.4 Å². The predicted octanol–water partition coefficient (Wildman–Crippen LogP) is 3.17. The monoisotopic (exact) mass is 440 g/mol. The molecule has 11 heteroatoms. The van der Waals surface area contributed by atoms with Crippen LogP contribution >= 0.6 is 11.3 Å². The van der Waals surface area contributed by atoms with Crippen molar-refractivity contribution in [3.8, 4) is 16.5 Å². The Balaban J connectivity index is 1.44. The molecule has 4 rings (SSSR count). The Morgan fingerprint density at radius 1 is 1.23 bits per heavy atom. The van der Waals surface area contributed by atoms with Gasteiger partial charge in [0.2, 0.25) is 5.75 Å². The minimum atomic E-state index is -1.55. The number of amides is 1. The zero-order valence-electron chi connectivity index (χ0n) is 15.8. The van der Waals surface area contributed by atoms with Gasteiger partial charge in [0.05, 0.1) is 17.2 Å². The molecule has 0 aliphatic carbocycles. The molecule has 1 amide bonds. The van der Waals surface area contributed by atoms with E-state index in [1.807, 2.05) is 30.5 Å². The standard InChI is InChI=1S/C20H16N4O6S/c25-15-14(19(27)28)23-17(24-18(15)26)16-13(6-8-31-16)22-20(29)30-7-5-10-9-21-12-4-2-1-3-11(10)12/h1-4,6,8-9,21,25H,5,7H2,(H,22,29)(H,27,28)(H,23,24,26). The average Bonchev–Trinajstić information content (AvgIpc) is 3.37. The number of carboxylic acids is 1. The summed E-state index contributed by atoms with van der Waals surface area (Å²) in [6.07, 6.45) is 1.68. The zero-order valence-corrected chi connectivity index (χ0v) is 16.7. The minimum Gasteiger partial charge on any atom is -0.501 e. The molecule has 0 fully saturated rings. The van der Waals surface area contributed by atoms with E-state index in [9.17, 15) is 19.5 Å². The lowest BCUT2D eigenvalue weighted by atomic mass is 10.1. The molecule has 0 aliphatic rings. The fraction of sp³-hybridized carbons (Fsp3) is 0.100. The second kappa shape index (κ2) is 8.32. The van der Waals surface area contributed by atoms with Crippen LogP contribution < -0.4 is 10.9 Å². The molecule has 10 nitrogen and oxygen atoms in total. The number of para-hydroxylation sites is 1. The highest BCUT2D eigenvalue weighted by molar-refractivity contribution is 7.14. The molecule has 5 N–H and O–H groups in total. The normalized spacial score (nSPS) is 10.8. The quantitative estimate of drug-likeness (QED) is 0.308. The van der Waals surface area contributed by atoms with E-state index in [4.69, 9.17) is 9.84 Å². The average molecular weight is 440 g/mol. The first-order valence-corrected chi connectivity index (χ1v) is 9.95. The number of carbonyl (C=O) groups excluding carboxylic acids is 1. The van der Waals surface area contributed by atoms with Crippen LogP contribution in [-0.4, -0.2) is 43.8 Å². The van der Waals surface area contributed by atoms with Crippen LogP contribution in [0.5, 0.6) is 5.75 Å². The van der Waals surface area contributed by atoms with Crippen LogP contribution in [0.15, 0.2) is 46.7 Å². The van der Waals surface area contributed by atoms with Gasteiger partial charge in [0, 0.05) is 23.5 Å². The Hall–Kier alpha value is -4.12. The third-order valence-electron chi connectivity index (χ3n) is 4.49. The number of carboxylic acid groups (broad SMARTS) is 1. The zero-order chi connectivity index (χ0) is 22.0. The second-order valence-corrected chi connectivity index (χ2v) is 7.37. The summed E-state index contributed by atoms with van der Waals surface area (Å²) in [5.74, 6) is -2.63. The van der Waals surface area contributed by atoms with E-state index in [1.165, 1.54) is 0 Å². The summed E-state index contributed by atoms with van der Waals surface area (Å²) in [7, 11) is 0. The number of aromatic amines is 2. The largest absolute Gasteiger partial charge is 0.501 e. The fourth-order valence-corrected chi connectivity index (χ4v) is 3.85. The van der Waals surface area contributed by atoms with Crippen molar-refractivity contribution in [3.05, 3.63) is 63.5 Å². The Morgan fingerprint density at radius 2 is 2.03 bits per heavy atom. The Kier molecular flexibility index (Phi) is 5.41. The molecule has 4 aromatic rings. The summed E-state index contributed by atoms with van der Waals surface area (Å²) in [5, 5.41) is 23.9. The number of nitrogens with one attached hydrogen (secondary N) is 3. The molecule has 0 saturated heterocycles. The van der Waals surface area contributed by atoms with Crippen molar-refractivity contribution in [2.45, 2.75) is 6.42 Å². The van der Waals surface area contributed by atoms with Crippen LogP contribution in [0.2, 0.25) is 0 Å². The van der Waals surface area contributed by atoms with Gasteiger partial charge in [-0.2, -0.15) is 0 Å². The van der Waals surface area contributed by atoms with Crippen LogP contribution in [0.4, 0.5) is 10.5 Å². The molecule has 0 spiro atoms. The van der Waals surface area contributed by atoms with Crippen LogP contribution in [-0.2, 0) is 11.2 Å². The van der Waals surface area contributed by atoms with Gasteiger partial charge < -0.3 is 24.9 Å². The van der Waals surface area contributed by atoms with Gasteiger partial charge in [-0.1, -0.05) is 18.2 Å². The summed E-state index contributed by atoms with van der Waals surface area (Å²) >= 11 is 1.12. The van der Waals surface area contributed by atoms with Gasteiger partial charge in [-0.15, -0.1) is 11.3 Å². The molecule has 0 unspecified atom stereocenters. The van der Waals surface area contributed by atoms with Crippen molar-refractivity contribution >= 4 is 40.0 Å². The van der Waals surface area contributed by atoms with Crippen molar-refractivity contribution < 1.29 is 24.5 Å². The van der Waals surface area contributed by atoms with Crippen LogP contribution in [0.3, 0.4) is 0 Å². The molecule has 0 atom stereocenters. The topological polar surface area (TPSA) is 157 Å². The summed E-state index contributed by atoms with van der Waals surface area (Å²) < 4.78 is 5.25. The van der Waals surface area contributed by atoms with E-state index in [-0.39, 0.29) is 18.1 Å². The lowest BCUT2D eigenvalue weighted by Crippen LogP contribution is -2.17. The summed E-state index contributed by atoms with van der Waals surface area (Å²) in [6, 6.07) is 9.37. The third-order valence-corrected chi connectivity index (χ3v) is 5.42. The van der Waals surface area contributed by atoms with Gasteiger partial charge >= 0.3 is 12.1 Å². The molecule has 0 bridgehead atoms. The number of aromatic hydroxyl groups is 1. The van der Waals surface area contributed by atoms with E-state index >= 15 is 0 Å². The number of hydrogen-bond acceptors (Lipinski definition) is 7. The van der Waals surface area contributed by atoms with Gasteiger partial charge in [-0.05, 0) is 23.1 Å². The van der Waals surface area contributed by atoms with Gasteiger partial charge in [-0.3, -0.25) is 10.1 Å². The first-order chi connectivity index (χ1) is 14.9. The van der Waals surface area contributed by atoms with Crippen LogP contribution in [0.25, 0.3) is 21.6 Å². The van der Waals surface area contributed by atoms with Crippen molar-refractivity contribution in [1.82, 2.24) is 15.0 Å². The SMILES string of the molecule is O=C(Nc1ccsc1-c1nc(C(=O)O)c(O)c(=O)[nH]1)OCCc1c[nH]c2ccccc12. The molecule has 0 radical (unpaired) electrons. The number of rotatable bonds is 6. The van der Waals surface area contributed by atoms with Crippen molar-refractivity contribution in [2.24, 2.45) is 0 Å². The van der Waals surface area contributed by atoms with Crippen molar-refractivity contribution in [1.29, 1.82) is 0 Å². The predicted molar refractivity (Wildman–Crippen MR) is 114 cm³/mol. The van der Waals surface area contributed by atoms with Gasteiger partial charge in [0.1, 0.15) is 0 Å². The number of benzene rings is 1. The molecule has 1 aromatic carbocycles. The number of anilines is 1. The molecular weight excluding hydrogens is 424 g/mol. The number of carbonyl (C=O) groups is 2. The Morgan fingerprint density at radius 3 is 2.84 bits per heavy atom. The molecule has 0 aliphatic heterocycles. The van der Waals surface area contributed by atoms with E-state index < -0.39 is 29.1 Å². The second-order valence-electron chi connectivity index (χ2n) is 6.45. The minimum absolute atomic E-state index is 0.0932. The third kappa shape index (κ3) is 4.12. The van der Waals surface area contributed by atoms with E-state index in [0.29, 0.717) is 11.3 Å². The number of nitrogens with zero attached hydrogens (tertiary/aromatic N) is 1. The summed E-state index contributed by atoms with van der Waals surface area (Å²) in [4.78, 5) is 44.8. The number of thiophene rings is 1. The molecular formula is C20H16N4O6S. The highest BCUT2D eigenvalue weighted by Gasteiger charge is 2.20. The molecule has 158 valence electrons. The number of H-pyrrole nitrogens is 2. The summed E-state index contributed by atoms with van der Waals surface area (Å²) in [6.45, 7) is 0.143. The fourth-order valence-electron chi connectivity index (χ4n) is 3.05. The van der Waals surface area contributed by atoms with E-state index in [2.05, 4.69) is 20.3 Å². The van der Waals surface area contributed by atoms with Gasteiger partial charge in [0.25, 0.3) is 5.56 Å². The van der Waals surface area contributed by atoms with E-state index in [0.717, 1.165) is 27.8 Å². The number of aromatic nitrogens is 3. The van der Waals surface area contributed by atoms with Gasteiger partial charge in [-0.25, -0.2) is 14.6 Å². The molecule has 3 heterocycles. The Bertz CT molecular complexity index is 1340. The lowest BCUT2D eigenvalue weighted by Gasteiger charge is -2.08. The number of hydrogen-bond donors (Lipinski definition) is 5. The first kappa shape index (κ1) is 20.2. The van der Waals surface area contributed by atoms with Crippen LogP contribution in [0, 0.1) is 0 Å². The maximum atomic E-state index is 12.2. The number of fused-ring (bicyclic) bond motifs is 1. The number of aromatic carboxylic acids is 1. The molecule has 31 heavy (non-hydrogen) atoms.